The predicted octanol–water partition coefficient (Wildman–Crippen LogP) is 0.550. The summed E-state index contributed by atoms with van der Waals surface area (Å²) in [6, 6.07) is 0. The van der Waals surface area contributed by atoms with Crippen LogP contribution in [-0.2, 0) is 16.1 Å². The Kier molecular flexibility index (Phi) is 3.82. The van der Waals surface area contributed by atoms with Gasteiger partial charge in [-0.05, 0) is 0 Å². The van der Waals surface area contributed by atoms with Crippen molar-refractivity contribution in [2.45, 2.75) is 13.5 Å². The van der Waals surface area contributed by atoms with Gasteiger partial charge in [-0.2, -0.15) is 0 Å². The van der Waals surface area contributed by atoms with Gasteiger partial charge in [0.25, 0.3) is 0 Å². The summed E-state index contributed by atoms with van der Waals surface area (Å²) in [5.74, 6) is -0.839. The van der Waals surface area contributed by atoms with Crippen molar-refractivity contribution >= 4 is 28.3 Å². The van der Waals surface area contributed by atoms with E-state index >= 15 is 0 Å². The molecule has 22 heavy (non-hydrogen) atoms. The molecule has 0 bridgehead atoms. The first-order valence-corrected chi connectivity index (χ1v) is 8.16. The van der Waals surface area contributed by atoms with Gasteiger partial charge in [-0.25, -0.2) is 4.98 Å². The number of thiazole rings is 1. The van der Waals surface area contributed by atoms with E-state index in [0.717, 1.165) is 10.8 Å². The zero-order chi connectivity index (χ0) is 15.9. The summed E-state index contributed by atoms with van der Waals surface area (Å²) in [6.45, 7) is 4.19. The zero-order valence-electron chi connectivity index (χ0n) is 12.7. The van der Waals surface area contributed by atoms with Crippen LogP contribution in [0.15, 0.2) is 5.38 Å². The maximum atomic E-state index is 11.8. The molecule has 0 aliphatic carbocycles. The summed E-state index contributed by atoms with van der Waals surface area (Å²) in [6.07, 6.45) is 0. The van der Waals surface area contributed by atoms with Crippen molar-refractivity contribution in [1.82, 2.24) is 14.8 Å². The number of aliphatic carboxylic acids is 1. The number of fused-ring (bicyclic) bond motifs is 1. The first-order valence-electron chi connectivity index (χ1n) is 7.28. The zero-order valence-corrected chi connectivity index (χ0v) is 13.5. The van der Waals surface area contributed by atoms with E-state index in [0.29, 0.717) is 32.7 Å². The molecule has 0 saturated carbocycles. The molecule has 1 aromatic rings. The van der Waals surface area contributed by atoms with Gasteiger partial charge in [-0.1, -0.05) is 0 Å². The van der Waals surface area contributed by atoms with Crippen molar-refractivity contribution in [1.29, 1.82) is 0 Å². The van der Waals surface area contributed by atoms with Gasteiger partial charge in [0.1, 0.15) is 5.41 Å². The molecule has 2 atom stereocenters. The second-order valence-corrected chi connectivity index (χ2v) is 6.98. The maximum absolute atomic E-state index is 11.8. The van der Waals surface area contributed by atoms with E-state index in [1.54, 1.807) is 16.2 Å². The number of amides is 1. The Labute approximate surface area is 132 Å². The number of carbonyl (C=O) groups excluding carboxylic acids is 1. The number of anilines is 1. The third-order valence-corrected chi connectivity index (χ3v) is 5.61. The third kappa shape index (κ3) is 2.46. The topological polar surface area (TPSA) is 85.8 Å². The molecule has 2 N–H and O–H groups in total. The molecule has 0 radical (unpaired) electrons. The Morgan fingerprint density at radius 2 is 2.27 bits per heavy atom. The van der Waals surface area contributed by atoms with Crippen molar-refractivity contribution in [2.75, 3.05) is 38.5 Å². The number of nitrogens with one attached hydrogen (secondary N) is 1. The average molecular weight is 324 g/mol. The smallest absolute Gasteiger partial charge is 0.313 e. The van der Waals surface area contributed by atoms with Gasteiger partial charge < -0.3 is 15.3 Å². The van der Waals surface area contributed by atoms with Crippen LogP contribution < -0.4 is 5.32 Å². The molecule has 120 valence electrons. The minimum Gasteiger partial charge on any atom is -0.481 e. The maximum Gasteiger partial charge on any atom is 0.313 e. The van der Waals surface area contributed by atoms with Crippen molar-refractivity contribution in [3.8, 4) is 0 Å². The SMILES string of the molecule is CNc1nc(CN2C[C@@H]3CN(C(C)=O)C[C@]3(C(=O)O)C2)cs1. The van der Waals surface area contributed by atoms with E-state index in [9.17, 15) is 14.7 Å². The Bertz CT molecular complexity index is 605. The summed E-state index contributed by atoms with van der Waals surface area (Å²) < 4.78 is 0. The van der Waals surface area contributed by atoms with Crippen LogP contribution in [0.4, 0.5) is 5.13 Å². The number of hydrogen-bond donors (Lipinski definition) is 2. The van der Waals surface area contributed by atoms with Crippen molar-refractivity contribution in [3.05, 3.63) is 11.1 Å². The molecule has 2 fully saturated rings. The standard InChI is InChI=1S/C14H20N4O3S/c1-9(19)18-4-10-3-17(7-14(10,8-18)12(20)21)5-11-6-22-13(15-2)16-11/h6,10H,3-5,7-8H2,1-2H3,(H,15,16)(H,20,21)/t10-,14-/m1/s1. The van der Waals surface area contributed by atoms with E-state index in [1.807, 2.05) is 12.4 Å². The predicted molar refractivity (Wildman–Crippen MR) is 82.8 cm³/mol. The molecule has 1 aromatic heterocycles. The second-order valence-electron chi connectivity index (χ2n) is 6.12. The summed E-state index contributed by atoms with van der Waals surface area (Å²) in [7, 11) is 1.83. The lowest BCUT2D eigenvalue weighted by Gasteiger charge is -2.24. The molecule has 1 amide bonds. The van der Waals surface area contributed by atoms with E-state index in [2.05, 4.69) is 15.2 Å². The van der Waals surface area contributed by atoms with Gasteiger partial charge in [0, 0.05) is 58.0 Å². The number of carbonyl (C=O) groups is 2. The molecule has 0 aromatic carbocycles. The highest BCUT2D eigenvalue weighted by Crippen LogP contribution is 2.43. The summed E-state index contributed by atoms with van der Waals surface area (Å²) in [5.41, 5.74) is 0.131. The van der Waals surface area contributed by atoms with Crippen molar-refractivity contribution in [2.24, 2.45) is 11.3 Å². The van der Waals surface area contributed by atoms with Gasteiger partial charge in [-0.15, -0.1) is 11.3 Å². The Morgan fingerprint density at radius 3 is 2.82 bits per heavy atom. The molecule has 3 heterocycles. The number of aromatic nitrogens is 1. The quantitative estimate of drug-likeness (QED) is 0.841. The van der Waals surface area contributed by atoms with Crippen LogP contribution >= 0.6 is 11.3 Å². The average Bonchev–Trinajstić information content (AvgIpc) is 3.10. The third-order valence-electron chi connectivity index (χ3n) is 4.70. The fourth-order valence-corrected chi connectivity index (χ4v) is 4.22. The molecule has 8 heteroatoms. The summed E-state index contributed by atoms with van der Waals surface area (Å²) in [5, 5.41) is 15.6. The Morgan fingerprint density at radius 1 is 1.50 bits per heavy atom. The number of rotatable bonds is 4. The van der Waals surface area contributed by atoms with Crippen molar-refractivity contribution in [3.63, 3.8) is 0 Å². The van der Waals surface area contributed by atoms with E-state index < -0.39 is 11.4 Å². The lowest BCUT2D eigenvalue weighted by molar-refractivity contribution is -0.149. The number of hydrogen-bond acceptors (Lipinski definition) is 6. The lowest BCUT2D eigenvalue weighted by Crippen LogP contribution is -2.41. The van der Waals surface area contributed by atoms with E-state index in [1.165, 1.54) is 6.92 Å². The summed E-state index contributed by atoms with van der Waals surface area (Å²) in [4.78, 5) is 31.6. The first kappa shape index (κ1) is 15.2. The number of carboxylic acid groups (broad SMARTS) is 1. The number of nitrogens with zero attached hydrogens (tertiary/aromatic N) is 3. The molecule has 0 spiro atoms. The van der Waals surface area contributed by atoms with Crippen LogP contribution in [0.5, 0.6) is 0 Å². The molecular weight excluding hydrogens is 304 g/mol. The largest absolute Gasteiger partial charge is 0.481 e. The van der Waals surface area contributed by atoms with E-state index in [-0.39, 0.29) is 11.8 Å². The van der Waals surface area contributed by atoms with Gasteiger partial charge in [0.05, 0.1) is 5.69 Å². The van der Waals surface area contributed by atoms with Crippen LogP contribution in [0.1, 0.15) is 12.6 Å². The summed E-state index contributed by atoms with van der Waals surface area (Å²) >= 11 is 1.55. The van der Waals surface area contributed by atoms with Gasteiger partial charge >= 0.3 is 5.97 Å². The van der Waals surface area contributed by atoms with Crippen molar-refractivity contribution < 1.29 is 14.7 Å². The monoisotopic (exact) mass is 324 g/mol. The van der Waals surface area contributed by atoms with Gasteiger partial charge in [0.15, 0.2) is 5.13 Å². The van der Waals surface area contributed by atoms with Crippen LogP contribution in [0.2, 0.25) is 0 Å². The molecular formula is C14H20N4O3S. The second kappa shape index (κ2) is 5.51. The molecule has 2 aliphatic rings. The lowest BCUT2D eigenvalue weighted by atomic mass is 9.81. The highest BCUT2D eigenvalue weighted by molar-refractivity contribution is 7.13. The van der Waals surface area contributed by atoms with Gasteiger partial charge in [0.2, 0.25) is 5.91 Å². The molecule has 2 aliphatic heterocycles. The normalized spacial score (nSPS) is 27.9. The van der Waals surface area contributed by atoms with E-state index in [4.69, 9.17) is 0 Å². The van der Waals surface area contributed by atoms with Crippen LogP contribution in [0, 0.1) is 11.3 Å². The fraction of sp³-hybridized carbons (Fsp3) is 0.643. The fourth-order valence-electron chi connectivity index (χ4n) is 3.56. The minimum atomic E-state index is -0.826. The number of likely N-dealkylation sites (tertiary alicyclic amines) is 2. The van der Waals surface area contributed by atoms with Crippen LogP contribution in [-0.4, -0.2) is 65.0 Å². The van der Waals surface area contributed by atoms with Gasteiger partial charge in [-0.3, -0.25) is 14.5 Å². The van der Waals surface area contributed by atoms with Crippen LogP contribution in [0.3, 0.4) is 0 Å². The minimum absolute atomic E-state index is 0.00342. The molecule has 3 rings (SSSR count). The molecule has 0 unspecified atom stereocenters. The highest BCUT2D eigenvalue weighted by atomic mass is 32.1. The Balaban J connectivity index is 1.72. The number of carboxylic acids is 1. The highest BCUT2D eigenvalue weighted by Gasteiger charge is 2.58. The molecule has 7 nitrogen and oxygen atoms in total. The first-order chi connectivity index (χ1) is 10.4. The molecule has 2 saturated heterocycles. The Hall–Kier alpha value is -1.67. The van der Waals surface area contributed by atoms with Crippen LogP contribution in [0.25, 0.3) is 0 Å².